The molecule has 1 aliphatic heterocycles. The van der Waals surface area contributed by atoms with Gasteiger partial charge in [-0.1, -0.05) is 54.6 Å². The molecule has 1 unspecified atom stereocenters. The van der Waals surface area contributed by atoms with E-state index in [4.69, 9.17) is 0 Å². The number of carbonyl (C=O) groups excluding carboxylic acids is 3. The Labute approximate surface area is 181 Å². The van der Waals surface area contributed by atoms with E-state index in [-0.39, 0.29) is 24.3 Å². The van der Waals surface area contributed by atoms with Gasteiger partial charge in [0.2, 0.25) is 11.8 Å². The number of hydrogen-bond acceptors (Lipinski definition) is 3. The van der Waals surface area contributed by atoms with Crippen LogP contribution in [0, 0.1) is 0 Å². The molecular formula is C25H25N3O3. The van der Waals surface area contributed by atoms with Crippen LogP contribution >= 0.6 is 0 Å². The summed E-state index contributed by atoms with van der Waals surface area (Å²) in [5, 5.41) is 4.46. The first-order valence-electron chi connectivity index (χ1n) is 10.4. The molecule has 0 aromatic heterocycles. The van der Waals surface area contributed by atoms with Gasteiger partial charge in [0.05, 0.1) is 5.69 Å². The van der Waals surface area contributed by atoms with Crippen LogP contribution in [-0.2, 0) is 16.0 Å². The van der Waals surface area contributed by atoms with E-state index in [1.807, 2.05) is 60.7 Å². The highest BCUT2D eigenvalue weighted by molar-refractivity contribution is 6.26. The van der Waals surface area contributed by atoms with Crippen molar-refractivity contribution in [3.05, 3.63) is 77.9 Å². The Morgan fingerprint density at radius 1 is 1.00 bits per heavy atom. The van der Waals surface area contributed by atoms with Crippen molar-refractivity contribution < 1.29 is 14.4 Å². The van der Waals surface area contributed by atoms with Gasteiger partial charge in [0.25, 0.3) is 5.91 Å². The average molecular weight is 415 g/mol. The Kier molecular flexibility index (Phi) is 5.71. The number of carbonyl (C=O) groups is 3. The van der Waals surface area contributed by atoms with Crippen LogP contribution in [0.25, 0.3) is 10.8 Å². The van der Waals surface area contributed by atoms with Gasteiger partial charge in [0.15, 0.2) is 0 Å². The lowest BCUT2D eigenvalue weighted by Crippen LogP contribution is -2.51. The first-order valence-corrected chi connectivity index (χ1v) is 10.4. The number of rotatable bonds is 7. The molecule has 1 atom stereocenters. The van der Waals surface area contributed by atoms with Gasteiger partial charge in [0, 0.05) is 24.5 Å². The fourth-order valence-electron chi connectivity index (χ4n) is 4.14. The highest BCUT2D eigenvalue weighted by atomic mass is 16.2. The van der Waals surface area contributed by atoms with E-state index < -0.39 is 6.04 Å². The summed E-state index contributed by atoms with van der Waals surface area (Å²) >= 11 is 0. The molecule has 0 bridgehead atoms. The molecule has 3 aromatic rings. The first-order chi connectivity index (χ1) is 15.0. The van der Waals surface area contributed by atoms with Crippen LogP contribution in [0.4, 0.5) is 5.69 Å². The standard InChI is InChI=1S/C25H25N3O3/c1-17(24(30)26-2)27(15-14-18-8-4-3-5-9-18)22(29)16-28-21-13-7-11-19-10-6-12-20(23(19)21)25(28)31/h3-13,17H,14-16H2,1-2H3,(H,26,30). The van der Waals surface area contributed by atoms with Crippen molar-refractivity contribution in [2.24, 2.45) is 0 Å². The van der Waals surface area contributed by atoms with Crippen LogP contribution in [-0.4, -0.2) is 48.8 Å². The number of anilines is 1. The maximum Gasteiger partial charge on any atom is 0.259 e. The summed E-state index contributed by atoms with van der Waals surface area (Å²) in [6.07, 6.45) is 0.623. The van der Waals surface area contributed by atoms with Gasteiger partial charge in [-0.3, -0.25) is 19.3 Å². The fraction of sp³-hybridized carbons (Fsp3) is 0.240. The number of nitrogens with zero attached hydrogens (tertiary/aromatic N) is 2. The predicted molar refractivity (Wildman–Crippen MR) is 121 cm³/mol. The minimum Gasteiger partial charge on any atom is -0.357 e. The molecule has 3 amide bonds. The molecule has 0 saturated heterocycles. The molecule has 4 rings (SSSR count). The number of likely N-dealkylation sites (N-methyl/N-ethyl adjacent to an activating group) is 1. The van der Waals surface area contributed by atoms with E-state index >= 15 is 0 Å². The van der Waals surface area contributed by atoms with Gasteiger partial charge in [-0.2, -0.15) is 0 Å². The molecule has 0 aliphatic carbocycles. The van der Waals surface area contributed by atoms with Crippen molar-refractivity contribution in [2.45, 2.75) is 19.4 Å². The Hall–Kier alpha value is -3.67. The van der Waals surface area contributed by atoms with Crippen LogP contribution < -0.4 is 10.2 Å². The van der Waals surface area contributed by atoms with E-state index in [0.717, 1.165) is 22.0 Å². The smallest absolute Gasteiger partial charge is 0.259 e. The van der Waals surface area contributed by atoms with Gasteiger partial charge < -0.3 is 10.2 Å². The molecule has 0 fully saturated rings. The molecule has 6 nitrogen and oxygen atoms in total. The van der Waals surface area contributed by atoms with Crippen molar-refractivity contribution in [1.29, 1.82) is 0 Å². The van der Waals surface area contributed by atoms with E-state index in [9.17, 15) is 14.4 Å². The zero-order valence-corrected chi connectivity index (χ0v) is 17.7. The van der Waals surface area contributed by atoms with E-state index in [0.29, 0.717) is 18.5 Å². The van der Waals surface area contributed by atoms with E-state index in [2.05, 4.69) is 5.32 Å². The Morgan fingerprint density at radius 2 is 1.71 bits per heavy atom. The van der Waals surface area contributed by atoms with Gasteiger partial charge in [-0.15, -0.1) is 0 Å². The topological polar surface area (TPSA) is 69.7 Å². The molecule has 158 valence electrons. The van der Waals surface area contributed by atoms with Gasteiger partial charge in [-0.25, -0.2) is 0 Å². The summed E-state index contributed by atoms with van der Waals surface area (Å²) in [6.45, 7) is 1.99. The lowest BCUT2D eigenvalue weighted by atomic mass is 10.1. The molecule has 3 aromatic carbocycles. The fourth-order valence-corrected chi connectivity index (χ4v) is 4.14. The van der Waals surface area contributed by atoms with E-state index in [1.54, 1.807) is 24.9 Å². The second kappa shape index (κ2) is 8.60. The van der Waals surface area contributed by atoms with Crippen LogP contribution in [0.1, 0.15) is 22.8 Å². The summed E-state index contributed by atoms with van der Waals surface area (Å²) in [5.74, 6) is -0.680. The van der Waals surface area contributed by atoms with Crippen molar-refractivity contribution >= 4 is 34.2 Å². The number of hydrogen-bond donors (Lipinski definition) is 1. The summed E-state index contributed by atoms with van der Waals surface area (Å²) in [5.41, 5.74) is 2.43. The van der Waals surface area contributed by atoms with E-state index in [1.165, 1.54) is 4.90 Å². The lowest BCUT2D eigenvalue weighted by molar-refractivity contribution is -0.138. The third-order valence-corrected chi connectivity index (χ3v) is 5.84. The Balaban J connectivity index is 1.58. The molecule has 0 saturated carbocycles. The summed E-state index contributed by atoms with van der Waals surface area (Å²) < 4.78 is 0. The molecule has 0 radical (unpaired) electrons. The van der Waals surface area contributed by atoms with Crippen LogP contribution in [0.5, 0.6) is 0 Å². The Morgan fingerprint density at radius 3 is 2.42 bits per heavy atom. The van der Waals surface area contributed by atoms with Gasteiger partial charge in [0.1, 0.15) is 12.6 Å². The molecule has 1 aliphatic rings. The quantitative estimate of drug-likeness (QED) is 0.645. The average Bonchev–Trinajstić information content (AvgIpc) is 3.07. The second-order valence-electron chi connectivity index (χ2n) is 7.69. The zero-order chi connectivity index (χ0) is 22.0. The van der Waals surface area contributed by atoms with Crippen molar-refractivity contribution in [3.8, 4) is 0 Å². The van der Waals surface area contributed by atoms with Crippen LogP contribution in [0.2, 0.25) is 0 Å². The second-order valence-corrected chi connectivity index (χ2v) is 7.69. The predicted octanol–water partition coefficient (Wildman–Crippen LogP) is 3.01. The minimum atomic E-state index is -0.642. The van der Waals surface area contributed by atoms with Crippen molar-refractivity contribution in [1.82, 2.24) is 10.2 Å². The first kappa shape index (κ1) is 20.6. The van der Waals surface area contributed by atoms with Gasteiger partial charge in [-0.05, 0) is 36.4 Å². The largest absolute Gasteiger partial charge is 0.357 e. The third kappa shape index (κ3) is 3.89. The molecule has 6 heteroatoms. The molecule has 0 spiro atoms. The SMILES string of the molecule is CNC(=O)C(C)N(CCc1ccccc1)C(=O)CN1C(=O)c2cccc3cccc1c23. The highest BCUT2D eigenvalue weighted by Gasteiger charge is 2.33. The number of amides is 3. The van der Waals surface area contributed by atoms with Crippen molar-refractivity contribution in [2.75, 3.05) is 25.0 Å². The van der Waals surface area contributed by atoms with Crippen molar-refractivity contribution in [3.63, 3.8) is 0 Å². The minimum absolute atomic E-state index is 0.108. The molecule has 1 heterocycles. The normalized spacial score (nSPS) is 13.4. The van der Waals surface area contributed by atoms with Crippen LogP contribution in [0.15, 0.2) is 66.7 Å². The summed E-state index contributed by atoms with van der Waals surface area (Å²) in [7, 11) is 1.56. The van der Waals surface area contributed by atoms with Gasteiger partial charge >= 0.3 is 0 Å². The number of nitrogens with one attached hydrogen (secondary N) is 1. The highest BCUT2D eigenvalue weighted by Crippen LogP contribution is 2.37. The zero-order valence-electron chi connectivity index (χ0n) is 17.7. The third-order valence-electron chi connectivity index (χ3n) is 5.84. The maximum atomic E-state index is 13.4. The summed E-state index contributed by atoms with van der Waals surface area (Å²) in [4.78, 5) is 41.8. The monoisotopic (exact) mass is 415 g/mol. The number of benzene rings is 3. The Bertz CT molecular complexity index is 1140. The van der Waals surface area contributed by atoms with Crippen LogP contribution in [0.3, 0.4) is 0 Å². The molecule has 1 N–H and O–H groups in total. The molecule has 31 heavy (non-hydrogen) atoms. The lowest BCUT2D eigenvalue weighted by Gasteiger charge is -2.30. The molecular weight excluding hydrogens is 390 g/mol. The summed E-state index contributed by atoms with van der Waals surface area (Å²) in [6, 6.07) is 20.5. The maximum absolute atomic E-state index is 13.4.